The maximum atomic E-state index is 9.76. The third-order valence-electron chi connectivity index (χ3n) is 4.68. The Morgan fingerprint density at radius 2 is 1.86 bits per heavy atom. The van der Waals surface area contributed by atoms with Crippen LogP contribution in [-0.2, 0) is 15.7 Å². The van der Waals surface area contributed by atoms with Crippen LogP contribution in [-0.4, -0.2) is 36.8 Å². The van der Waals surface area contributed by atoms with Crippen LogP contribution >= 0.6 is 0 Å². The first kappa shape index (κ1) is 14.7. The second kappa shape index (κ2) is 4.63. The minimum atomic E-state index is -0.567. The van der Waals surface area contributed by atoms with Crippen molar-refractivity contribution in [3.05, 3.63) is 17.7 Å². The molecule has 1 saturated heterocycles. The monoisotopic (exact) mass is 291 g/mol. The number of aliphatic hydroxyl groups is 1. The van der Waals surface area contributed by atoms with Gasteiger partial charge in [-0.2, -0.15) is 0 Å². The van der Waals surface area contributed by atoms with Gasteiger partial charge in [0, 0.05) is 6.42 Å². The summed E-state index contributed by atoms with van der Waals surface area (Å²) in [4.78, 5) is 0. The van der Waals surface area contributed by atoms with Crippen LogP contribution in [0.2, 0.25) is 0 Å². The fourth-order valence-electron chi connectivity index (χ4n) is 2.72. The van der Waals surface area contributed by atoms with E-state index in [9.17, 15) is 5.11 Å². The Morgan fingerprint density at radius 3 is 2.43 bits per heavy atom. The first-order valence-electron chi connectivity index (χ1n) is 7.24. The lowest BCUT2D eigenvalue weighted by Gasteiger charge is -2.32. The fourth-order valence-corrected chi connectivity index (χ4v) is 2.72. The highest BCUT2D eigenvalue weighted by molar-refractivity contribution is 6.62. The van der Waals surface area contributed by atoms with Gasteiger partial charge in [-0.15, -0.1) is 0 Å². The summed E-state index contributed by atoms with van der Waals surface area (Å²) in [7, 11) is 1.20. The lowest BCUT2D eigenvalue weighted by molar-refractivity contribution is 0.00578. The first-order valence-corrected chi connectivity index (χ1v) is 7.24. The van der Waals surface area contributed by atoms with E-state index in [1.54, 1.807) is 7.11 Å². The third-order valence-corrected chi connectivity index (χ3v) is 4.68. The molecular weight excluding hydrogens is 269 g/mol. The largest absolute Gasteiger partial charge is 0.495 e. The number of hydrogen-bond acceptors (Lipinski definition) is 5. The van der Waals surface area contributed by atoms with Gasteiger partial charge in [0.1, 0.15) is 12.0 Å². The molecule has 114 valence electrons. The second-order valence-electron chi connectivity index (χ2n) is 6.71. The topological polar surface area (TPSA) is 60.0 Å². The van der Waals surface area contributed by atoms with Crippen molar-refractivity contribution in [2.24, 2.45) is 0 Å². The molecule has 3 rings (SSSR count). The Balaban J connectivity index is 1.97. The van der Waals surface area contributed by atoms with Crippen molar-refractivity contribution in [1.82, 2.24) is 0 Å². The van der Waals surface area contributed by atoms with Gasteiger partial charge in [-0.3, -0.25) is 0 Å². The van der Waals surface area contributed by atoms with Crippen LogP contribution in [0, 0.1) is 0 Å². The van der Waals surface area contributed by atoms with Crippen molar-refractivity contribution in [3.63, 3.8) is 0 Å². The molecule has 0 aliphatic carbocycles. The van der Waals surface area contributed by atoms with Gasteiger partial charge >= 0.3 is 7.12 Å². The number of nitrogens with one attached hydrogen (secondary N) is 1. The van der Waals surface area contributed by atoms with E-state index in [1.807, 2.05) is 39.8 Å². The van der Waals surface area contributed by atoms with Crippen molar-refractivity contribution in [2.75, 3.05) is 12.4 Å². The average molecular weight is 291 g/mol. The van der Waals surface area contributed by atoms with E-state index in [0.717, 1.165) is 16.7 Å². The van der Waals surface area contributed by atoms with Gasteiger partial charge in [0.2, 0.25) is 0 Å². The van der Waals surface area contributed by atoms with Crippen LogP contribution < -0.4 is 15.5 Å². The molecule has 1 atom stereocenters. The van der Waals surface area contributed by atoms with Crippen LogP contribution in [0.1, 0.15) is 33.3 Å². The predicted octanol–water partition coefficient (Wildman–Crippen LogP) is 1.28. The highest BCUT2D eigenvalue weighted by Gasteiger charge is 2.52. The molecule has 2 heterocycles. The van der Waals surface area contributed by atoms with Crippen molar-refractivity contribution < 1.29 is 19.2 Å². The van der Waals surface area contributed by atoms with Crippen LogP contribution in [0.3, 0.4) is 0 Å². The standard InChI is InChI=1S/C15H22BNO4/c1-14(2)15(3,4)21-16(20-14)10-6-9-7-12(18)17-13(9)11(8-10)19-5/h6,8,12,17-18H,7H2,1-5H3. The lowest BCUT2D eigenvalue weighted by atomic mass is 9.78. The summed E-state index contributed by atoms with van der Waals surface area (Å²) in [6.07, 6.45) is -0.0126. The lowest BCUT2D eigenvalue weighted by Crippen LogP contribution is -2.41. The maximum Gasteiger partial charge on any atom is 0.494 e. The molecule has 2 aliphatic heterocycles. The van der Waals surface area contributed by atoms with E-state index < -0.39 is 13.3 Å². The minimum Gasteiger partial charge on any atom is -0.495 e. The minimum absolute atomic E-state index is 0.373. The van der Waals surface area contributed by atoms with Crippen molar-refractivity contribution >= 4 is 18.3 Å². The number of hydrogen-bond donors (Lipinski definition) is 2. The SMILES string of the molecule is COc1cc(B2OC(C)(C)C(C)(C)O2)cc2c1NC(O)C2. The van der Waals surface area contributed by atoms with Gasteiger partial charge in [0.05, 0.1) is 24.0 Å². The van der Waals surface area contributed by atoms with E-state index in [-0.39, 0.29) is 11.2 Å². The third kappa shape index (κ3) is 2.31. The molecule has 2 N–H and O–H groups in total. The molecule has 1 aromatic rings. The smallest absolute Gasteiger partial charge is 0.494 e. The summed E-state index contributed by atoms with van der Waals surface area (Å²) in [5, 5.41) is 12.8. The number of methoxy groups -OCH3 is 1. The van der Waals surface area contributed by atoms with Crippen molar-refractivity contribution in [1.29, 1.82) is 0 Å². The average Bonchev–Trinajstić information content (AvgIpc) is 2.85. The highest BCUT2D eigenvalue weighted by atomic mass is 16.7. The van der Waals surface area contributed by atoms with Gasteiger partial charge < -0.3 is 24.5 Å². The van der Waals surface area contributed by atoms with E-state index in [4.69, 9.17) is 14.0 Å². The number of fused-ring (bicyclic) bond motifs is 1. The van der Waals surface area contributed by atoms with Crippen molar-refractivity contribution in [2.45, 2.75) is 51.5 Å². The summed E-state index contributed by atoms with van der Waals surface area (Å²) in [6.45, 7) is 8.12. The summed E-state index contributed by atoms with van der Waals surface area (Å²) in [5.74, 6) is 0.703. The molecule has 1 fully saturated rings. The van der Waals surface area contributed by atoms with Crippen LogP contribution in [0.4, 0.5) is 5.69 Å². The number of benzene rings is 1. The summed E-state index contributed by atoms with van der Waals surface area (Å²) in [6, 6.07) is 3.93. The zero-order valence-electron chi connectivity index (χ0n) is 13.2. The molecule has 0 radical (unpaired) electrons. The number of aliphatic hydroxyl groups excluding tert-OH is 1. The predicted molar refractivity (Wildman–Crippen MR) is 82.0 cm³/mol. The zero-order valence-corrected chi connectivity index (χ0v) is 13.2. The van der Waals surface area contributed by atoms with E-state index >= 15 is 0 Å². The molecule has 5 nitrogen and oxygen atoms in total. The second-order valence-corrected chi connectivity index (χ2v) is 6.71. The molecule has 0 bridgehead atoms. The Kier molecular flexibility index (Phi) is 3.24. The van der Waals surface area contributed by atoms with Gasteiger partial charge in [-0.25, -0.2) is 0 Å². The Labute approximate surface area is 125 Å². The van der Waals surface area contributed by atoms with Crippen LogP contribution in [0.5, 0.6) is 5.75 Å². The van der Waals surface area contributed by atoms with Gasteiger partial charge in [-0.1, -0.05) is 6.07 Å². The fraction of sp³-hybridized carbons (Fsp3) is 0.600. The molecule has 6 heteroatoms. The van der Waals surface area contributed by atoms with Gasteiger partial charge in [0.25, 0.3) is 0 Å². The van der Waals surface area contributed by atoms with Crippen molar-refractivity contribution in [3.8, 4) is 5.75 Å². The summed E-state index contributed by atoms with van der Waals surface area (Å²) < 4.78 is 17.6. The van der Waals surface area contributed by atoms with Gasteiger partial charge in [0.15, 0.2) is 0 Å². The number of anilines is 1. The quantitative estimate of drug-likeness (QED) is 0.804. The number of rotatable bonds is 2. The molecule has 0 spiro atoms. The molecule has 2 aliphatic rings. The summed E-state index contributed by atoms with van der Waals surface area (Å²) >= 11 is 0. The van der Waals surface area contributed by atoms with Crippen LogP contribution in [0.25, 0.3) is 0 Å². The molecule has 0 aromatic heterocycles. The first-order chi connectivity index (χ1) is 9.73. The normalized spacial score (nSPS) is 25.6. The van der Waals surface area contributed by atoms with E-state index in [2.05, 4.69) is 5.32 Å². The molecule has 1 unspecified atom stereocenters. The molecule has 1 aromatic carbocycles. The zero-order chi connectivity index (χ0) is 15.4. The Morgan fingerprint density at radius 1 is 1.24 bits per heavy atom. The van der Waals surface area contributed by atoms with E-state index in [1.165, 1.54) is 0 Å². The summed E-state index contributed by atoms with van der Waals surface area (Å²) in [5.41, 5.74) is 2.04. The maximum absolute atomic E-state index is 9.76. The molecule has 0 amide bonds. The van der Waals surface area contributed by atoms with Gasteiger partial charge in [-0.05, 0) is 44.8 Å². The Bertz CT molecular complexity index is 557. The molecule has 21 heavy (non-hydrogen) atoms. The highest BCUT2D eigenvalue weighted by Crippen LogP contribution is 2.38. The Hall–Kier alpha value is -1.24. The van der Waals surface area contributed by atoms with E-state index in [0.29, 0.717) is 12.2 Å². The van der Waals surface area contributed by atoms with Crippen LogP contribution in [0.15, 0.2) is 12.1 Å². The molecule has 0 saturated carbocycles. The number of ether oxygens (including phenoxy) is 1. The molecular formula is C15H22BNO4.